The summed E-state index contributed by atoms with van der Waals surface area (Å²) in [4.78, 5) is 0. The van der Waals surface area contributed by atoms with Gasteiger partial charge in [-0.05, 0) is 0 Å². The quantitative estimate of drug-likeness (QED) is 0.319. The maximum atomic E-state index is 10.4. The third kappa shape index (κ3) is 9.50. The van der Waals surface area contributed by atoms with Crippen LogP contribution in [0.1, 0.15) is 85.5 Å². The number of aliphatic hydroxyl groups is 2. The van der Waals surface area contributed by atoms with Crippen LogP contribution in [0.3, 0.4) is 0 Å². The summed E-state index contributed by atoms with van der Waals surface area (Å²) in [6.45, 7) is 9.17. The van der Waals surface area contributed by atoms with E-state index in [9.17, 15) is 10.2 Å². The molecule has 23 heavy (non-hydrogen) atoms. The molecule has 1 atom stereocenters. The molecular formula is C20H42O2Sn. The van der Waals surface area contributed by atoms with E-state index in [-0.39, 0.29) is 12.7 Å². The zero-order chi connectivity index (χ0) is 17.6. The van der Waals surface area contributed by atoms with Crippen LogP contribution < -0.4 is 0 Å². The molecule has 0 heterocycles. The van der Waals surface area contributed by atoms with Crippen LogP contribution in [-0.2, 0) is 0 Å². The molecule has 0 aromatic carbocycles. The molecule has 0 aromatic rings. The predicted molar refractivity (Wildman–Crippen MR) is 106 cm³/mol. The normalized spacial score (nSPS) is 14.3. The fraction of sp³-hybridized carbons (Fsp3) is 0.900. The van der Waals surface area contributed by atoms with Gasteiger partial charge < -0.3 is 0 Å². The van der Waals surface area contributed by atoms with Crippen molar-refractivity contribution < 1.29 is 10.2 Å². The summed E-state index contributed by atoms with van der Waals surface area (Å²) >= 11 is -2.53. The van der Waals surface area contributed by atoms with E-state index >= 15 is 0 Å². The predicted octanol–water partition coefficient (Wildman–Crippen LogP) is 5.84. The zero-order valence-corrected chi connectivity index (χ0v) is 19.1. The van der Waals surface area contributed by atoms with Crippen LogP contribution in [-0.4, -0.2) is 41.3 Å². The Kier molecular flexibility index (Phi) is 15.1. The van der Waals surface area contributed by atoms with Crippen molar-refractivity contribution in [3.05, 3.63) is 9.67 Å². The Morgan fingerprint density at radius 3 is 1.61 bits per heavy atom. The van der Waals surface area contributed by atoms with Crippen LogP contribution in [0, 0.1) is 0 Å². The number of rotatable bonds is 15. The molecule has 0 aliphatic rings. The molecule has 0 rings (SSSR count). The van der Waals surface area contributed by atoms with Crippen molar-refractivity contribution in [2.75, 3.05) is 6.61 Å². The van der Waals surface area contributed by atoms with E-state index in [1.54, 1.807) is 0 Å². The number of hydrogen-bond acceptors (Lipinski definition) is 2. The van der Waals surface area contributed by atoms with E-state index in [1.165, 1.54) is 55.4 Å². The van der Waals surface area contributed by atoms with Crippen molar-refractivity contribution in [1.29, 1.82) is 0 Å². The first-order valence-electron chi connectivity index (χ1n) is 10.1. The molecule has 2 nitrogen and oxygen atoms in total. The molecule has 0 aliphatic heterocycles. The summed E-state index contributed by atoms with van der Waals surface area (Å²) in [6.07, 6.45) is 12.4. The van der Waals surface area contributed by atoms with Gasteiger partial charge in [-0.1, -0.05) is 0 Å². The Bertz CT molecular complexity index is 280. The standard InChI is InChI=1S/C8H15O2.3C4H9.Sn/c1-2-3-5-8(10)6-4-7-9;3*1-3-4-2;/h6,8-10H,2-3,5,7H2,1H3;3*1,3-4H2,2H3;. The van der Waals surface area contributed by atoms with E-state index in [0.717, 1.165) is 19.3 Å². The van der Waals surface area contributed by atoms with Crippen molar-refractivity contribution in [2.45, 2.75) is 105 Å². The summed E-state index contributed by atoms with van der Waals surface area (Å²) in [7, 11) is 0. The molecule has 0 amide bonds. The molecule has 0 radical (unpaired) electrons. The molecule has 1 unspecified atom stereocenters. The van der Waals surface area contributed by atoms with Crippen LogP contribution in [0.2, 0.25) is 13.3 Å². The van der Waals surface area contributed by atoms with Crippen molar-refractivity contribution in [2.24, 2.45) is 0 Å². The van der Waals surface area contributed by atoms with Gasteiger partial charge in [-0.25, -0.2) is 0 Å². The Balaban J connectivity index is 5.36. The van der Waals surface area contributed by atoms with E-state index in [0.29, 0.717) is 0 Å². The fourth-order valence-corrected chi connectivity index (χ4v) is 19.8. The Labute approximate surface area is 149 Å². The first-order chi connectivity index (χ1) is 11.1. The van der Waals surface area contributed by atoms with Gasteiger partial charge in [0.2, 0.25) is 0 Å². The summed E-state index contributed by atoms with van der Waals surface area (Å²) < 4.78 is 5.40. The van der Waals surface area contributed by atoms with Gasteiger partial charge in [0.1, 0.15) is 0 Å². The Morgan fingerprint density at radius 1 is 0.826 bits per heavy atom. The third-order valence-electron chi connectivity index (χ3n) is 5.13. The van der Waals surface area contributed by atoms with Crippen LogP contribution in [0.4, 0.5) is 0 Å². The molecule has 0 aromatic heterocycles. The second-order valence-electron chi connectivity index (χ2n) is 7.15. The molecule has 138 valence electrons. The van der Waals surface area contributed by atoms with Gasteiger partial charge >= 0.3 is 150 Å². The van der Waals surface area contributed by atoms with Gasteiger partial charge in [-0.2, -0.15) is 0 Å². The maximum absolute atomic E-state index is 10.4. The van der Waals surface area contributed by atoms with Gasteiger partial charge in [-0.3, -0.25) is 0 Å². The molecule has 0 saturated carbocycles. The minimum absolute atomic E-state index is 0.191. The van der Waals surface area contributed by atoms with Crippen LogP contribution in [0.25, 0.3) is 0 Å². The summed E-state index contributed by atoms with van der Waals surface area (Å²) in [5.41, 5.74) is 0. The average molecular weight is 433 g/mol. The molecule has 2 N–H and O–H groups in total. The first kappa shape index (κ1) is 23.5. The SMILES string of the molecule is CCCCC(O)/C=[C](\CO)[Sn]([CH2]CCC)([CH2]CCC)[CH2]CCC. The van der Waals surface area contributed by atoms with Crippen molar-refractivity contribution in [3.8, 4) is 0 Å². The molecule has 0 saturated heterocycles. The van der Waals surface area contributed by atoms with Crippen molar-refractivity contribution in [1.82, 2.24) is 0 Å². The number of hydrogen-bond donors (Lipinski definition) is 2. The van der Waals surface area contributed by atoms with Gasteiger partial charge in [0.25, 0.3) is 0 Å². The molecule has 0 spiro atoms. The first-order valence-corrected chi connectivity index (χ1v) is 17.6. The Hall–Kier alpha value is 0.459. The molecular weight excluding hydrogens is 391 g/mol. The van der Waals surface area contributed by atoms with Gasteiger partial charge in [0.05, 0.1) is 0 Å². The molecule has 0 bridgehead atoms. The third-order valence-corrected chi connectivity index (χ3v) is 21.2. The summed E-state index contributed by atoms with van der Waals surface area (Å²) in [5, 5.41) is 20.5. The monoisotopic (exact) mass is 434 g/mol. The topological polar surface area (TPSA) is 40.5 Å². The van der Waals surface area contributed by atoms with Gasteiger partial charge in [-0.15, -0.1) is 0 Å². The second-order valence-corrected chi connectivity index (χ2v) is 20.6. The van der Waals surface area contributed by atoms with E-state index < -0.39 is 18.4 Å². The molecule has 0 fully saturated rings. The molecule has 0 aliphatic carbocycles. The fourth-order valence-electron chi connectivity index (χ4n) is 3.53. The van der Waals surface area contributed by atoms with Crippen LogP contribution >= 0.6 is 0 Å². The minimum atomic E-state index is -2.53. The van der Waals surface area contributed by atoms with E-state index in [4.69, 9.17) is 0 Å². The summed E-state index contributed by atoms with van der Waals surface area (Å²) in [5.74, 6) is 0. The van der Waals surface area contributed by atoms with Crippen LogP contribution in [0.5, 0.6) is 0 Å². The second kappa shape index (κ2) is 14.8. The van der Waals surface area contributed by atoms with Gasteiger partial charge in [0.15, 0.2) is 0 Å². The van der Waals surface area contributed by atoms with Crippen molar-refractivity contribution in [3.63, 3.8) is 0 Å². The summed E-state index contributed by atoms with van der Waals surface area (Å²) in [6, 6.07) is 0. The Morgan fingerprint density at radius 2 is 1.26 bits per heavy atom. The average Bonchev–Trinajstić information content (AvgIpc) is 2.57. The van der Waals surface area contributed by atoms with Crippen LogP contribution in [0.15, 0.2) is 9.67 Å². The number of unbranched alkanes of at least 4 members (excludes halogenated alkanes) is 4. The van der Waals surface area contributed by atoms with E-state index in [2.05, 4.69) is 33.8 Å². The molecule has 3 heteroatoms. The number of aliphatic hydroxyl groups excluding tert-OH is 2. The zero-order valence-electron chi connectivity index (χ0n) is 16.2. The van der Waals surface area contributed by atoms with Gasteiger partial charge in [0, 0.05) is 0 Å². The van der Waals surface area contributed by atoms with E-state index in [1.807, 2.05) is 0 Å². The van der Waals surface area contributed by atoms with Crippen molar-refractivity contribution >= 4 is 18.4 Å².